The molecule has 5 rings (SSSR count). The summed E-state index contributed by atoms with van der Waals surface area (Å²) in [5.74, 6) is 1.24. The highest BCUT2D eigenvalue weighted by molar-refractivity contribution is 5.99. The molecule has 0 atom stereocenters. The fraction of sp³-hybridized carbons (Fsp3) is 0.469. The molecule has 0 bridgehead atoms. The van der Waals surface area contributed by atoms with Gasteiger partial charge in [-0.1, -0.05) is 54.6 Å². The molecule has 2 aliphatic heterocycles. The summed E-state index contributed by atoms with van der Waals surface area (Å²) >= 11 is 0. The lowest BCUT2D eigenvalue weighted by molar-refractivity contribution is 0.0543. The van der Waals surface area contributed by atoms with E-state index in [1.807, 2.05) is 23.8 Å². The highest BCUT2D eigenvalue weighted by Gasteiger charge is 2.37. The van der Waals surface area contributed by atoms with E-state index in [-0.39, 0.29) is 11.4 Å². The van der Waals surface area contributed by atoms with Crippen molar-refractivity contribution in [3.05, 3.63) is 83.0 Å². The minimum Gasteiger partial charge on any atom is -0.357 e. The molecule has 1 aromatic heterocycles. The van der Waals surface area contributed by atoms with E-state index >= 15 is 0 Å². The number of likely N-dealkylation sites (tertiary alicyclic amines) is 1. The number of benzene rings is 2. The molecular weight excluding hydrogens is 498 g/mol. The number of anilines is 2. The summed E-state index contributed by atoms with van der Waals surface area (Å²) in [5, 5.41) is 3.14. The van der Waals surface area contributed by atoms with E-state index in [1.165, 1.54) is 11.1 Å². The lowest BCUT2D eigenvalue weighted by Gasteiger charge is -2.46. The van der Waals surface area contributed by atoms with Crippen molar-refractivity contribution in [3.8, 4) is 0 Å². The largest absolute Gasteiger partial charge is 0.357 e. The maximum absolute atomic E-state index is 13.4. The molecule has 8 nitrogen and oxygen atoms in total. The van der Waals surface area contributed by atoms with Crippen molar-refractivity contribution in [2.75, 3.05) is 70.6 Å². The van der Waals surface area contributed by atoms with E-state index in [0.29, 0.717) is 30.4 Å². The van der Waals surface area contributed by atoms with Crippen LogP contribution in [0.1, 0.15) is 46.8 Å². The Morgan fingerprint density at radius 3 is 2.33 bits per heavy atom. The van der Waals surface area contributed by atoms with Crippen LogP contribution in [0.15, 0.2) is 60.8 Å². The Morgan fingerprint density at radius 2 is 1.65 bits per heavy atom. The summed E-state index contributed by atoms with van der Waals surface area (Å²) in [4.78, 5) is 31.3. The van der Waals surface area contributed by atoms with E-state index in [0.717, 1.165) is 57.5 Å². The van der Waals surface area contributed by atoms with Gasteiger partial charge in [0.1, 0.15) is 11.4 Å². The van der Waals surface area contributed by atoms with Crippen LogP contribution in [0, 0.1) is 0 Å². The number of carbonyl (C=O) groups is 1. The molecule has 0 spiro atoms. The number of likely N-dealkylation sites (N-methyl/N-ethyl adjacent to an activating group) is 1. The van der Waals surface area contributed by atoms with E-state index in [9.17, 15) is 4.79 Å². The number of hydrogen-bond donors (Lipinski definition) is 1. The van der Waals surface area contributed by atoms with Gasteiger partial charge in [0.15, 0.2) is 0 Å². The normalized spacial score (nSPS) is 17.6. The summed E-state index contributed by atoms with van der Waals surface area (Å²) in [6.07, 6.45) is 4.98. The van der Waals surface area contributed by atoms with Gasteiger partial charge in [-0.05, 0) is 57.0 Å². The Morgan fingerprint density at radius 1 is 0.950 bits per heavy atom. The first-order chi connectivity index (χ1) is 19.4. The van der Waals surface area contributed by atoms with E-state index in [2.05, 4.69) is 93.8 Å². The molecule has 3 aromatic rings. The maximum Gasteiger partial charge on any atom is 0.259 e. The minimum atomic E-state index is -0.0131. The molecular formula is C32H43N7O. The standard InChI is InChI=1S/C32H43N7O/c1-5-33-31-34-23-28-29(35-31)37(4)21-22-39(30(28)40)24-26-13-11-25(12-14-26)15-18-38-19-16-32(17-20-38,36(2)3)27-9-7-6-8-10-27/h6-14,23H,5,15-22,24H2,1-4H3,(H,33,34,35). The number of amides is 1. The molecule has 2 aliphatic rings. The fourth-order valence-electron chi connectivity index (χ4n) is 6.07. The van der Waals surface area contributed by atoms with Crippen molar-refractivity contribution in [1.82, 2.24) is 24.7 Å². The average molecular weight is 542 g/mol. The molecule has 2 aromatic carbocycles. The molecule has 1 amide bonds. The molecule has 0 aliphatic carbocycles. The fourth-order valence-corrected chi connectivity index (χ4v) is 6.07. The molecule has 212 valence electrons. The zero-order valence-corrected chi connectivity index (χ0v) is 24.4. The average Bonchev–Trinajstić information content (AvgIpc) is 3.09. The lowest BCUT2D eigenvalue weighted by Crippen LogP contribution is -2.50. The van der Waals surface area contributed by atoms with Gasteiger partial charge in [-0.3, -0.25) is 9.69 Å². The smallest absolute Gasteiger partial charge is 0.259 e. The molecule has 3 heterocycles. The van der Waals surface area contributed by atoms with Crippen LogP contribution in [0.3, 0.4) is 0 Å². The molecule has 1 fully saturated rings. The van der Waals surface area contributed by atoms with E-state index in [4.69, 9.17) is 0 Å². The zero-order valence-electron chi connectivity index (χ0n) is 24.4. The second-order valence-corrected chi connectivity index (χ2v) is 11.3. The molecule has 1 saturated heterocycles. The van der Waals surface area contributed by atoms with Gasteiger partial charge in [0.05, 0.1) is 0 Å². The summed E-state index contributed by atoms with van der Waals surface area (Å²) in [6, 6.07) is 19.8. The number of fused-ring (bicyclic) bond motifs is 1. The third-order valence-electron chi connectivity index (χ3n) is 8.65. The molecule has 0 radical (unpaired) electrons. The quantitative estimate of drug-likeness (QED) is 0.438. The Hall–Kier alpha value is -3.49. The van der Waals surface area contributed by atoms with Crippen LogP contribution in [0.5, 0.6) is 0 Å². The van der Waals surface area contributed by atoms with Gasteiger partial charge >= 0.3 is 0 Å². The second-order valence-electron chi connectivity index (χ2n) is 11.3. The Kier molecular flexibility index (Phi) is 8.66. The highest BCUT2D eigenvalue weighted by Crippen LogP contribution is 2.37. The first kappa shape index (κ1) is 28.1. The van der Waals surface area contributed by atoms with Gasteiger partial charge in [-0.25, -0.2) is 4.98 Å². The van der Waals surface area contributed by atoms with Crippen molar-refractivity contribution in [2.24, 2.45) is 0 Å². The topological polar surface area (TPSA) is 67.8 Å². The SMILES string of the molecule is CCNc1ncc2c(n1)N(C)CCN(Cc1ccc(CCN3CCC(c4ccccc4)(N(C)C)CC3)cc1)C2=O. The number of nitrogens with zero attached hydrogens (tertiary/aromatic N) is 6. The maximum atomic E-state index is 13.4. The summed E-state index contributed by atoms with van der Waals surface area (Å²) in [7, 11) is 6.42. The number of hydrogen-bond acceptors (Lipinski definition) is 7. The predicted octanol–water partition coefficient (Wildman–Crippen LogP) is 4.10. The van der Waals surface area contributed by atoms with Crippen molar-refractivity contribution < 1.29 is 4.79 Å². The predicted molar refractivity (Wildman–Crippen MR) is 162 cm³/mol. The van der Waals surface area contributed by atoms with Crippen molar-refractivity contribution in [2.45, 2.75) is 38.3 Å². The first-order valence-electron chi connectivity index (χ1n) is 14.5. The van der Waals surface area contributed by atoms with E-state index in [1.54, 1.807) is 6.20 Å². The van der Waals surface area contributed by atoms with Crippen molar-refractivity contribution in [1.29, 1.82) is 0 Å². The summed E-state index contributed by atoms with van der Waals surface area (Å²) in [5.41, 5.74) is 4.60. The Bertz CT molecular complexity index is 1270. The van der Waals surface area contributed by atoms with Gasteiger partial charge in [0.25, 0.3) is 5.91 Å². The molecule has 0 unspecified atom stereocenters. The van der Waals surface area contributed by atoms with Crippen molar-refractivity contribution >= 4 is 17.7 Å². The van der Waals surface area contributed by atoms with Crippen LogP contribution in [-0.4, -0.2) is 91.0 Å². The van der Waals surface area contributed by atoms with Crippen LogP contribution in [0.25, 0.3) is 0 Å². The monoisotopic (exact) mass is 541 g/mol. The molecule has 8 heteroatoms. The highest BCUT2D eigenvalue weighted by atomic mass is 16.2. The van der Waals surface area contributed by atoms with Crippen LogP contribution < -0.4 is 10.2 Å². The number of carbonyl (C=O) groups excluding carboxylic acids is 1. The van der Waals surface area contributed by atoms with Crippen LogP contribution in [-0.2, 0) is 18.5 Å². The summed E-state index contributed by atoms with van der Waals surface area (Å²) in [6.45, 7) is 7.99. The number of aromatic nitrogens is 2. The van der Waals surface area contributed by atoms with Crippen molar-refractivity contribution in [3.63, 3.8) is 0 Å². The number of piperidine rings is 1. The number of nitrogens with one attached hydrogen (secondary N) is 1. The van der Waals surface area contributed by atoms with Gasteiger partial charge in [0.2, 0.25) is 5.95 Å². The van der Waals surface area contributed by atoms with Crippen LogP contribution in [0.4, 0.5) is 11.8 Å². The third-order valence-corrected chi connectivity index (χ3v) is 8.65. The molecule has 1 N–H and O–H groups in total. The minimum absolute atomic E-state index is 0.0131. The summed E-state index contributed by atoms with van der Waals surface area (Å²) < 4.78 is 0. The van der Waals surface area contributed by atoms with Gasteiger partial charge in [-0.15, -0.1) is 0 Å². The molecule has 0 saturated carbocycles. The zero-order chi connectivity index (χ0) is 28.1. The first-order valence-corrected chi connectivity index (χ1v) is 14.5. The third kappa shape index (κ3) is 5.98. The second kappa shape index (κ2) is 12.4. The van der Waals surface area contributed by atoms with Gasteiger partial charge < -0.3 is 20.0 Å². The molecule has 40 heavy (non-hydrogen) atoms. The lowest BCUT2D eigenvalue weighted by atomic mass is 9.80. The van der Waals surface area contributed by atoms with Crippen LogP contribution >= 0.6 is 0 Å². The Balaban J connectivity index is 1.16. The number of rotatable bonds is 9. The Labute approximate surface area is 239 Å². The van der Waals surface area contributed by atoms with Crippen LogP contribution in [0.2, 0.25) is 0 Å². The van der Waals surface area contributed by atoms with Gasteiger partial charge in [-0.2, -0.15) is 4.98 Å². The van der Waals surface area contributed by atoms with Gasteiger partial charge in [0, 0.05) is 64.6 Å². The van der Waals surface area contributed by atoms with E-state index < -0.39 is 0 Å².